The summed E-state index contributed by atoms with van der Waals surface area (Å²) in [6.45, 7) is 5.84. The molecule has 0 aliphatic heterocycles. The van der Waals surface area contributed by atoms with E-state index in [0.29, 0.717) is 11.4 Å². The van der Waals surface area contributed by atoms with Gasteiger partial charge in [-0.05, 0) is 19.3 Å². The Labute approximate surface area is 115 Å². The van der Waals surface area contributed by atoms with E-state index in [1.165, 1.54) is 16.8 Å². The molecule has 0 saturated heterocycles. The first-order valence-electron chi connectivity index (χ1n) is 6.05. The van der Waals surface area contributed by atoms with Gasteiger partial charge in [-0.2, -0.15) is 0 Å². The smallest absolute Gasteiger partial charge is 0.360 e. The average Bonchev–Trinajstić information content (AvgIpc) is 2.76. The summed E-state index contributed by atoms with van der Waals surface area (Å²) >= 11 is 1.19. The third-order valence-electron chi connectivity index (χ3n) is 2.35. The number of ether oxygens (including phenoxy) is 1. The van der Waals surface area contributed by atoms with Crippen LogP contribution < -0.4 is 5.32 Å². The van der Waals surface area contributed by atoms with Gasteiger partial charge in [-0.3, -0.25) is 0 Å². The second kappa shape index (κ2) is 7.08. The van der Waals surface area contributed by atoms with Crippen molar-refractivity contribution in [3.8, 4) is 0 Å². The summed E-state index contributed by atoms with van der Waals surface area (Å²) in [5, 5.41) is 12.4. The van der Waals surface area contributed by atoms with E-state index in [1.54, 1.807) is 6.92 Å². The Morgan fingerprint density at radius 1 is 1.53 bits per heavy atom. The van der Waals surface area contributed by atoms with Crippen LogP contribution in [0, 0.1) is 5.92 Å². The van der Waals surface area contributed by atoms with Gasteiger partial charge in [0.05, 0.1) is 12.1 Å². The fraction of sp³-hybridized carbons (Fsp3) is 0.583. The molecule has 1 unspecified atom stereocenters. The largest absolute Gasteiger partial charge is 0.480 e. The molecular weight excluding hydrogens is 268 g/mol. The molecule has 1 aromatic heterocycles. The van der Waals surface area contributed by atoms with Crippen LogP contribution in [0.5, 0.6) is 0 Å². The van der Waals surface area contributed by atoms with E-state index in [4.69, 9.17) is 9.84 Å². The number of aliphatic carboxylic acids is 1. The molecular formula is C12H18N2O4S. The van der Waals surface area contributed by atoms with Crippen molar-refractivity contribution in [2.75, 3.05) is 11.9 Å². The molecule has 106 valence electrons. The number of rotatable bonds is 7. The van der Waals surface area contributed by atoms with Crippen LogP contribution in [0.2, 0.25) is 0 Å². The highest BCUT2D eigenvalue weighted by atomic mass is 32.1. The highest BCUT2D eigenvalue weighted by molar-refractivity contribution is 7.14. The zero-order valence-electron chi connectivity index (χ0n) is 11.2. The number of carboxylic acids is 1. The fourth-order valence-corrected chi connectivity index (χ4v) is 2.27. The normalized spacial score (nSPS) is 12.2. The number of carbonyl (C=O) groups excluding carboxylic acids is 1. The van der Waals surface area contributed by atoms with Crippen molar-refractivity contribution in [1.29, 1.82) is 0 Å². The molecule has 0 aliphatic rings. The van der Waals surface area contributed by atoms with Crippen LogP contribution in [-0.2, 0) is 9.53 Å². The van der Waals surface area contributed by atoms with E-state index < -0.39 is 18.0 Å². The summed E-state index contributed by atoms with van der Waals surface area (Å²) in [6, 6.07) is -0.742. The predicted molar refractivity (Wildman–Crippen MR) is 72.6 cm³/mol. The molecule has 0 aromatic carbocycles. The third kappa shape index (κ3) is 4.51. The van der Waals surface area contributed by atoms with Gasteiger partial charge in [-0.25, -0.2) is 14.6 Å². The lowest BCUT2D eigenvalue weighted by Crippen LogP contribution is -2.31. The van der Waals surface area contributed by atoms with Crippen molar-refractivity contribution < 1.29 is 19.4 Å². The number of carbonyl (C=O) groups is 2. The van der Waals surface area contributed by atoms with E-state index in [2.05, 4.69) is 10.3 Å². The van der Waals surface area contributed by atoms with E-state index in [0.717, 1.165) is 0 Å². The molecule has 0 radical (unpaired) electrons. The fourth-order valence-electron chi connectivity index (χ4n) is 1.54. The molecule has 7 heteroatoms. The zero-order chi connectivity index (χ0) is 14.4. The first kappa shape index (κ1) is 15.4. The average molecular weight is 286 g/mol. The molecule has 1 aromatic rings. The van der Waals surface area contributed by atoms with Crippen LogP contribution in [0.1, 0.15) is 37.7 Å². The maximum absolute atomic E-state index is 11.6. The molecule has 1 atom stereocenters. The highest BCUT2D eigenvalue weighted by Gasteiger charge is 2.23. The number of thiazole rings is 1. The first-order valence-corrected chi connectivity index (χ1v) is 6.93. The second-order valence-corrected chi connectivity index (χ2v) is 5.27. The van der Waals surface area contributed by atoms with Crippen LogP contribution in [0.15, 0.2) is 5.51 Å². The number of carboxylic acid groups (broad SMARTS) is 1. The molecule has 6 nitrogen and oxygen atoms in total. The quantitative estimate of drug-likeness (QED) is 0.747. The lowest BCUT2D eigenvalue weighted by atomic mass is 10.0. The van der Waals surface area contributed by atoms with Gasteiger partial charge >= 0.3 is 11.9 Å². The molecule has 1 heterocycles. The summed E-state index contributed by atoms with van der Waals surface area (Å²) in [5.74, 6) is -1.26. The third-order valence-corrected chi connectivity index (χ3v) is 3.10. The van der Waals surface area contributed by atoms with E-state index in [9.17, 15) is 9.59 Å². The number of esters is 1. The standard InChI is InChI=1S/C12H18N2O4S/c1-4-18-12(17)9-10(19-6-13-9)14-8(11(15)16)5-7(2)3/h6-8,14H,4-5H2,1-3H3,(H,15,16). The van der Waals surface area contributed by atoms with Gasteiger partial charge in [-0.15, -0.1) is 11.3 Å². The second-order valence-electron chi connectivity index (χ2n) is 4.42. The van der Waals surface area contributed by atoms with E-state index in [1.807, 2.05) is 13.8 Å². The Kier molecular flexibility index (Phi) is 5.75. The molecule has 0 fully saturated rings. The van der Waals surface area contributed by atoms with Crippen molar-refractivity contribution in [3.63, 3.8) is 0 Å². The van der Waals surface area contributed by atoms with Gasteiger partial charge < -0.3 is 15.2 Å². The van der Waals surface area contributed by atoms with Crippen molar-refractivity contribution >= 4 is 28.3 Å². The monoisotopic (exact) mass is 286 g/mol. The van der Waals surface area contributed by atoms with Crippen LogP contribution >= 0.6 is 11.3 Å². The molecule has 0 spiro atoms. The minimum atomic E-state index is -0.947. The minimum absolute atomic E-state index is 0.141. The van der Waals surface area contributed by atoms with Crippen molar-refractivity contribution in [2.24, 2.45) is 5.92 Å². The van der Waals surface area contributed by atoms with Gasteiger partial charge in [0.15, 0.2) is 5.69 Å². The summed E-state index contributed by atoms with van der Waals surface area (Å²) in [6.07, 6.45) is 0.468. The summed E-state index contributed by atoms with van der Waals surface area (Å²) in [5.41, 5.74) is 1.63. The zero-order valence-corrected chi connectivity index (χ0v) is 12.0. The predicted octanol–water partition coefficient (Wildman–Crippen LogP) is 2.23. The molecule has 19 heavy (non-hydrogen) atoms. The number of hydrogen-bond donors (Lipinski definition) is 2. The Hall–Kier alpha value is -1.63. The van der Waals surface area contributed by atoms with Gasteiger partial charge in [0.25, 0.3) is 0 Å². The SMILES string of the molecule is CCOC(=O)c1ncsc1NC(CC(C)C)C(=O)O. The number of hydrogen-bond acceptors (Lipinski definition) is 6. The summed E-state index contributed by atoms with van der Waals surface area (Å²) in [4.78, 5) is 26.7. The van der Waals surface area contributed by atoms with Crippen molar-refractivity contribution in [3.05, 3.63) is 11.2 Å². The first-order chi connectivity index (χ1) is 8.95. The molecule has 0 amide bonds. The highest BCUT2D eigenvalue weighted by Crippen LogP contribution is 2.23. The Balaban J connectivity index is 2.82. The Bertz CT molecular complexity index is 445. The molecule has 1 rings (SSSR count). The Morgan fingerprint density at radius 3 is 2.74 bits per heavy atom. The van der Waals surface area contributed by atoms with Gasteiger partial charge in [0.2, 0.25) is 0 Å². The topological polar surface area (TPSA) is 88.5 Å². The molecule has 0 saturated carbocycles. The minimum Gasteiger partial charge on any atom is -0.480 e. The van der Waals surface area contributed by atoms with Gasteiger partial charge in [0, 0.05) is 0 Å². The molecule has 0 bridgehead atoms. The summed E-state index contributed by atoms with van der Waals surface area (Å²) in [7, 11) is 0. The molecule has 0 aliphatic carbocycles. The molecule has 2 N–H and O–H groups in total. The van der Waals surface area contributed by atoms with Crippen molar-refractivity contribution in [1.82, 2.24) is 4.98 Å². The number of nitrogens with zero attached hydrogens (tertiary/aromatic N) is 1. The number of nitrogens with one attached hydrogen (secondary N) is 1. The van der Waals surface area contributed by atoms with Crippen LogP contribution in [0.4, 0.5) is 5.00 Å². The maximum atomic E-state index is 11.6. The van der Waals surface area contributed by atoms with Crippen molar-refractivity contribution in [2.45, 2.75) is 33.2 Å². The lowest BCUT2D eigenvalue weighted by Gasteiger charge is -2.16. The van der Waals surface area contributed by atoms with Crippen LogP contribution in [0.3, 0.4) is 0 Å². The summed E-state index contributed by atoms with van der Waals surface area (Å²) < 4.78 is 4.87. The maximum Gasteiger partial charge on any atom is 0.360 e. The lowest BCUT2D eigenvalue weighted by molar-refractivity contribution is -0.138. The van der Waals surface area contributed by atoms with E-state index >= 15 is 0 Å². The van der Waals surface area contributed by atoms with Gasteiger partial charge in [0.1, 0.15) is 11.0 Å². The number of aromatic nitrogens is 1. The van der Waals surface area contributed by atoms with Crippen LogP contribution in [0.25, 0.3) is 0 Å². The number of anilines is 1. The van der Waals surface area contributed by atoms with Gasteiger partial charge in [-0.1, -0.05) is 13.8 Å². The van der Waals surface area contributed by atoms with Crippen LogP contribution in [-0.4, -0.2) is 34.7 Å². The Morgan fingerprint density at radius 2 is 2.21 bits per heavy atom. The van der Waals surface area contributed by atoms with E-state index in [-0.39, 0.29) is 18.2 Å².